The Labute approximate surface area is 202 Å². The molecule has 3 fully saturated rings. The molecule has 0 bridgehead atoms. The maximum Gasteiger partial charge on any atom is 0.244 e. The molecule has 182 valence electrons. The molecule has 2 heterocycles. The number of nitrogens with zero attached hydrogens (tertiary/aromatic N) is 1. The minimum atomic E-state index is -0.334. The minimum Gasteiger partial charge on any atom is -0.508 e. The van der Waals surface area contributed by atoms with Gasteiger partial charge in [0.25, 0.3) is 0 Å². The van der Waals surface area contributed by atoms with Gasteiger partial charge in [-0.1, -0.05) is 12.1 Å². The lowest BCUT2D eigenvalue weighted by molar-refractivity contribution is -0.150. The van der Waals surface area contributed by atoms with Crippen molar-refractivity contribution < 1.29 is 19.1 Å². The number of hydrogen-bond donors (Lipinski definition) is 2. The van der Waals surface area contributed by atoms with Gasteiger partial charge in [0.15, 0.2) is 0 Å². The Balaban J connectivity index is 1.39. The molecule has 0 spiro atoms. The summed E-state index contributed by atoms with van der Waals surface area (Å²) in [5, 5.41) is 13.6. The Kier molecular flexibility index (Phi) is 6.30. The molecule has 0 unspecified atom stereocenters. The molecule has 1 aliphatic heterocycles. The van der Waals surface area contributed by atoms with Gasteiger partial charge in [-0.2, -0.15) is 0 Å². The lowest BCUT2D eigenvalue weighted by atomic mass is 9.55. The van der Waals surface area contributed by atoms with Gasteiger partial charge in [-0.15, -0.1) is 0 Å². The van der Waals surface area contributed by atoms with E-state index in [4.69, 9.17) is 9.15 Å². The molecule has 1 amide bonds. The molecule has 6 heteroatoms. The first-order chi connectivity index (χ1) is 16.4. The van der Waals surface area contributed by atoms with Crippen LogP contribution in [0.4, 0.5) is 0 Å². The Morgan fingerprint density at radius 1 is 1.29 bits per heavy atom. The van der Waals surface area contributed by atoms with Crippen LogP contribution >= 0.6 is 0 Å². The van der Waals surface area contributed by atoms with Gasteiger partial charge in [-0.05, 0) is 87.7 Å². The number of carbonyl (C=O) groups is 1. The van der Waals surface area contributed by atoms with Crippen LogP contribution in [-0.2, 0) is 14.9 Å². The highest BCUT2D eigenvalue weighted by atomic mass is 16.5. The average molecular weight is 465 g/mol. The van der Waals surface area contributed by atoms with Crippen molar-refractivity contribution in [2.45, 2.75) is 62.5 Å². The van der Waals surface area contributed by atoms with E-state index in [-0.39, 0.29) is 28.7 Å². The lowest BCUT2D eigenvalue weighted by Crippen LogP contribution is -2.68. The first-order valence-electron chi connectivity index (χ1n) is 12.5. The number of fused-ring (bicyclic) bond motifs is 1. The monoisotopic (exact) mass is 464 g/mol. The third kappa shape index (κ3) is 4.41. The number of ether oxygens (including phenoxy) is 1. The molecule has 0 radical (unpaired) electrons. The maximum atomic E-state index is 12.8. The molecule has 34 heavy (non-hydrogen) atoms. The topological polar surface area (TPSA) is 74.9 Å². The number of carbonyl (C=O) groups excluding carboxylic acids is 1. The third-order valence-corrected chi connectivity index (χ3v) is 8.36. The summed E-state index contributed by atoms with van der Waals surface area (Å²) in [5.74, 6) is 1.82. The van der Waals surface area contributed by atoms with Crippen molar-refractivity contribution in [3.63, 3.8) is 0 Å². The van der Waals surface area contributed by atoms with Gasteiger partial charge in [0.05, 0.1) is 11.9 Å². The van der Waals surface area contributed by atoms with E-state index in [2.05, 4.69) is 16.3 Å². The summed E-state index contributed by atoms with van der Waals surface area (Å²) in [7, 11) is 1.84. The number of phenolic OH excluding ortho intramolecular Hbond substituents is 1. The van der Waals surface area contributed by atoms with Gasteiger partial charge in [0, 0.05) is 43.3 Å². The smallest absolute Gasteiger partial charge is 0.244 e. The van der Waals surface area contributed by atoms with Gasteiger partial charge in [-0.25, -0.2) is 0 Å². The molecular weight excluding hydrogens is 428 g/mol. The van der Waals surface area contributed by atoms with Gasteiger partial charge in [0.1, 0.15) is 11.5 Å². The molecule has 2 aromatic rings. The number of amides is 1. The minimum absolute atomic E-state index is 0.0446. The van der Waals surface area contributed by atoms with E-state index in [0.717, 1.165) is 68.1 Å². The number of rotatable bonds is 7. The van der Waals surface area contributed by atoms with Crippen LogP contribution in [0.1, 0.15) is 55.4 Å². The van der Waals surface area contributed by atoms with E-state index in [1.807, 2.05) is 32.2 Å². The normalized spacial score (nSPS) is 29.8. The lowest BCUT2D eigenvalue weighted by Gasteiger charge is -2.60. The van der Waals surface area contributed by atoms with Crippen LogP contribution in [0.5, 0.6) is 5.75 Å². The van der Waals surface area contributed by atoms with E-state index < -0.39 is 0 Å². The zero-order valence-electron chi connectivity index (χ0n) is 20.3. The number of phenols is 1. The molecule has 3 atom stereocenters. The molecule has 5 rings (SSSR count). The second kappa shape index (κ2) is 9.23. The predicted octanol–water partition coefficient (Wildman–Crippen LogP) is 4.41. The molecule has 2 N–H and O–H groups in total. The molecular formula is C28H36N2O4. The van der Waals surface area contributed by atoms with Crippen molar-refractivity contribution in [3.8, 4) is 5.75 Å². The number of methoxy groups -OCH3 is 1. The number of furan rings is 1. The Morgan fingerprint density at radius 3 is 2.85 bits per heavy atom. The fourth-order valence-electron chi connectivity index (χ4n) is 6.32. The Morgan fingerprint density at radius 2 is 2.15 bits per heavy atom. The highest BCUT2D eigenvalue weighted by Crippen LogP contribution is 2.54. The maximum absolute atomic E-state index is 12.8. The largest absolute Gasteiger partial charge is 0.508 e. The van der Waals surface area contributed by atoms with Crippen molar-refractivity contribution in [2.75, 3.05) is 26.7 Å². The van der Waals surface area contributed by atoms with Crippen LogP contribution in [0.15, 0.2) is 47.1 Å². The first kappa shape index (κ1) is 23.2. The molecule has 3 aliphatic rings. The Hall–Kier alpha value is -2.57. The van der Waals surface area contributed by atoms with Gasteiger partial charge in [-0.3, -0.25) is 4.79 Å². The molecule has 1 aromatic carbocycles. The Bertz CT molecular complexity index is 1060. The number of piperidine rings is 1. The average Bonchev–Trinajstić information content (AvgIpc) is 3.55. The SMILES string of the molecule is CO[C@]12CC[C@@H](NC(=O)C=Cc3ccoc3C)C[C@]1(c1cccc(O)c1)CCN(CC1CC1)C2. The van der Waals surface area contributed by atoms with Crippen LogP contribution in [0.25, 0.3) is 6.08 Å². The summed E-state index contributed by atoms with van der Waals surface area (Å²) in [6.45, 7) is 4.95. The van der Waals surface area contributed by atoms with Crippen LogP contribution < -0.4 is 5.32 Å². The fraction of sp³-hybridized carbons (Fsp3) is 0.536. The summed E-state index contributed by atoms with van der Waals surface area (Å²) in [6.07, 6.45) is 11.2. The number of likely N-dealkylation sites (tertiary alicyclic amines) is 1. The van der Waals surface area contributed by atoms with Gasteiger partial charge < -0.3 is 24.5 Å². The standard InChI is InChI=1S/C28H36N2O4/c1-20-22(11-15-34-20)8-9-26(32)29-24-10-12-28(33-2)19-30(18-21-6-7-21)14-13-27(28,17-24)23-4-3-5-25(31)16-23/h3-5,8-9,11,15-16,21,24,31H,6-7,10,12-14,17-19H2,1-2H3,(H,29,32)/t24-,27+,28+/m1/s1. The van der Waals surface area contributed by atoms with E-state index in [1.54, 1.807) is 24.5 Å². The second-order valence-electron chi connectivity index (χ2n) is 10.5. The summed E-state index contributed by atoms with van der Waals surface area (Å²) in [4.78, 5) is 15.4. The molecule has 6 nitrogen and oxygen atoms in total. The number of nitrogens with one attached hydrogen (secondary N) is 1. The highest BCUT2D eigenvalue weighted by molar-refractivity contribution is 5.92. The number of hydrogen-bond acceptors (Lipinski definition) is 5. The predicted molar refractivity (Wildman–Crippen MR) is 132 cm³/mol. The first-order valence-corrected chi connectivity index (χ1v) is 12.5. The highest BCUT2D eigenvalue weighted by Gasteiger charge is 2.59. The quantitative estimate of drug-likeness (QED) is 0.594. The number of aryl methyl sites for hydroxylation is 1. The van der Waals surface area contributed by atoms with Crippen molar-refractivity contribution in [1.82, 2.24) is 10.2 Å². The van der Waals surface area contributed by atoms with Crippen LogP contribution in [-0.4, -0.2) is 54.3 Å². The molecule has 1 aromatic heterocycles. The number of aromatic hydroxyl groups is 1. The van der Waals surface area contributed by atoms with Crippen molar-refractivity contribution in [1.29, 1.82) is 0 Å². The fourth-order valence-corrected chi connectivity index (χ4v) is 6.32. The van der Waals surface area contributed by atoms with Crippen molar-refractivity contribution in [2.24, 2.45) is 5.92 Å². The van der Waals surface area contributed by atoms with E-state index in [1.165, 1.54) is 12.8 Å². The third-order valence-electron chi connectivity index (χ3n) is 8.36. The summed E-state index contributed by atoms with van der Waals surface area (Å²) >= 11 is 0. The van der Waals surface area contributed by atoms with Crippen LogP contribution in [0.2, 0.25) is 0 Å². The molecule has 1 saturated heterocycles. The van der Waals surface area contributed by atoms with Crippen molar-refractivity contribution >= 4 is 12.0 Å². The van der Waals surface area contributed by atoms with Gasteiger partial charge >= 0.3 is 0 Å². The van der Waals surface area contributed by atoms with Crippen LogP contribution in [0, 0.1) is 12.8 Å². The summed E-state index contributed by atoms with van der Waals surface area (Å²) in [5.41, 5.74) is 1.43. The second-order valence-corrected chi connectivity index (χ2v) is 10.5. The molecule has 2 aliphatic carbocycles. The van der Waals surface area contributed by atoms with E-state index in [0.29, 0.717) is 0 Å². The summed E-state index contributed by atoms with van der Waals surface area (Å²) in [6, 6.07) is 9.57. The van der Waals surface area contributed by atoms with Crippen LogP contribution in [0.3, 0.4) is 0 Å². The zero-order chi connectivity index (χ0) is 23.8. The van der Waals surface area contributed by atoms with E-state index >= 15 is 0 Å². The zero-order valence-corrected chi connectivity index (χ0v) is 20.3. The summed E-state index contributed by atoms with van der Waals surface area (Å²) < 4.78 is 11.7. The molecule has 2 saturated carbocycles. The number of benzene rings is 1. The van der Waals surface area contributed by atoms with Crippen molar-refractivity contribution in [3.05, 3.63) is 59.6 Å². The van der Waals surface area contributed by atoms with Gasteiger partial charge in [0.2, 0.25) is 5.91 Å². The van der Waals surface area contributed by atoms with E-state index in [9.17, 15) is 9.90 Å².